The lowest BCUT2D eigenvalue weighted by Gasteiger charge is -2.32. The summed E-state index contributed by atoms with van der Waals surface area (Å²) >= 11 is 0. The van der Waals surface area contributed by atoms with Crippen LogP contribution in [0.5, 0.6) is 0 Å². The van der Waals surface area contributed by atoms with Gasteiger partial charge in [-0.05, 0) is 0 Å². The number of rotatable bonds is 8. The van der Waals surface area contributed by atoms with Gasteiger partial charge in [0, 0.05) is 0 Å². The molecule has 0 fully saturated rings. The van der Waals surface area contributed by atoms with Gasteiger partial charge < -0.3 is 23.9 Å². The van der Waals surface area contributed by atoms with Crippen LogP contribution in [0.15, 0.2) is 0 Å². The Labute approximate surface area is 145 Å². The third-order valence-electron chi connectivity index (χ3n) is 2.70. The van der Waals surface area contributed by atoms with Crippen LogP contribution in [0.1, 0.15) is 0 Å². The van der Waals surface area contributed by atoms with Crippen molar-refractivity contribution >= 4 is 20.0 Å². The van der Waals surface area contributed by atoms with E-state index < -0.39 is 31.1 Å². The van der Waals surface area contributed by atoms with E-state index in [0.29, 0.717) is 24.1 Å². The molecule has 0 saturated carbocycles. The molecule has 0 saturated heterocycles. The van der Waals surface area contributed by atoms with Crippen LogP contribution in [-0.2, 0) is 20.0 Å². The topological polar surface area (TPSA) is 143 Å². The number of likely N-dealkylation sites (N-methyl/N-ethyl adjacent to an activating group) is 1. The van der Waals surface area contributed by atoms with Gasteiger partial charge in [0.1, 0.15) is 19.6 Å². The Morgan fingerprint density at radius 1 is 0.731 bits per heavy atom. The van der Waals surface area contributed by atoms with Gasteiger partial charge in [-0.1, -0.05) is 0 Å². The fourth-order valence-corrected chi connectivity index (χ4v) is 2.98. The number of aliphatic hydroxyl groups excluding tert-OH is 3. The minimum atomic E-state index is -6.72. The lowest BCUT2D eigenvalue weighted by atomic mass is 10.4. The third-order valence-corrected chi connectivity index (χ3v) is 5.44. The average molecular weight is 444 g/mol. The molecule has 17 heteroatoms. The molecule has 9 nitrogen and oxygen atoms in total. The molecule has 0 rings (SSSR count). The normalized spacial score (nSPS) is 13.9. The fraction of sp³-hybridized carbons (Fsp3) is 1.00. The van der Waals surface area contributed by atoms with Gasteiger partial charge in [0.05, 0.1) is 26.9 Å². The summed E-state index contributed by atoms with van der Waals surface area (Å²) < 4.78 is 110. The highest BCUT2D eigenvalue weighted by Gasteiger charge is 2.46. The van der Waals surface area contributed by atoms with Gasteiger partial charge in [-0.3, -0.25) is 0 Å². The number of sulfonamides is 2. The second kappa shape index (κ2) is 10.00. The summed E-state index contributed by atoms with van der Waals surface area (Å²) in [5.41, 5.74) is -12.4. The van der Waals surface area contributed by atoms with E-state index in [9.17, 15) is 43.2 Å². The van der Waals surface area contributed by atoms with Crippen LogP contribution in [0.25, 0.3) is 4.13 Å². The highest BCUT2D eigenvalue weighted by molar-refractivity contribution is 8.13. The van der Waals surface area contributed by atoms with E-state index in [4.69, 9.17) is 15.3 Å². The number of quaternary nitrogens is 1. The molecule has 0 spiro atoms. The largest absolute Gasteiger partial charge is 0.480 e. The van der Waals surface area contributed by atoms with Gasteiger partial charge >= 0.3 is 11.0 Å². The van der Waals surface area contributed by atoms with Crippen molar-refractivity contribution in [2.45, 2.75) is 11.0 Å². The summed E-state index contributed by atoms with van der Waals surface area (Å²) in [5.74, 6) is 0. The Bertz CT molecular complexity index is 558. The van der Waals surface area contributed by atoms with Crippen molar-refractivity contribution in [3.05, 3.63) is 4.13 Å². The minimum Gasteiger partial charge on any atom is -0.421 e. The number of hydrogen-bond acceptors (Lipinski definition) is 7. The molecule has 0 radical (unpaired) electrons. The number of aliphatic hydroxyl groups is 3. The number of halogens is 6. The smallest absolute Gasteiger partial charge is 0.421 e. The van der Waals surface area contributed by atoms with E-state index in [0.717, 1.165) is 4.13 Å². The maximum Gasteiger partial charge on any atom is 0.480 e. The van der Waals surface area contributed by atoms with Crippen LogP contribution in [0.2, 0.25) is 0 Å². The second-order valence-corrected chi connectivity index (χ2v) is 8.30. The summed E-state index contributed by atoms with van der Waals surface area (Å²) in [6.45, 7) is 2.03. The predicted octanol–water partition coefficient (Wildman–Crippen LogP) is -0.531. The quantitative estimate of drug-likeness (QED) is 0.337. The molecule has 0 bridgehead atoms. The molecule has 0 aromatic rings. The van der Waals surface area contributed by atoms with Crippen molar-refractivity contribution in [1.29, 1.82) is 0 Å². The lowest BCUT2D eigenvalue weighted by Crippen LogP contribution is -2.49. The molecule has 0 aliphatic heterocycles. The molecule has 3 N–H and O–H groups in total. The van der Waals surface area contributed by atoms with Gasteiger partial charge in [-0.25, -0.2) is 16.8 Å². The molecule has 0 aliphatic rings. The summed E-state index contributed by atoms with van der Waals surface area (Å²) in [6.07, 6.45) is 0. The molecule has 0 amide bonds. The van der Waals surface area contributed by atoms with Crippen molar-refractivity contribution in [1.82, 2.24) is 0 Å². The summed E-state index contributed by atoms with van der Waals surface area (Å²) in [6, 6.07) is 0. The Morgan fingerprint density at radius 3 is 1.12 bits per heavy atom. The minimum absolute atomic E-state index is 0.0938. The molecule has 0 aromatic carbocycles. The van der Waals surface area contributed by atoms with Gasteiger partial charge in [-0.15, -0.1) is 0 Å². The van der Waals surface area contributed by atoms with Crippen LogP contribution in [-0.4, -0.2) is 94.2 Å². The second-order valence-electron chi connectivity index (χ2n) is 4.88. The van der Waals surface area contributed by atoms with E-state index in [1.807, 2.05) is 7.05 Å². The molecule has 26 heavy (non-hydrogen) atoms. The first-order valence-electron chi connectivity index (χ1n) is 6.42. The molecule has 0 aliphatic carbocycles. The maximum absolute atomic E-state index is 11.4. The number of nitrogens with zero attached hydrogens (tertiary/aromatic N) is 2. The van der Waals surface area contributed by atoms with Crippen LogP contribution in [0.3, 0.4) is 0 Å². The molecule has 0 heterocycles. The monoisotopic (exact) mass is 444 g/mol. The predicted molar refractivity (Wildman–Crippen MR) is 75.4 cm³/mol. The lowest BCUT2D eigenvalue weighted by molar-refractivity contribution is -0.910. The standard InChI is InChI=1S/C7H18NO3.C2F6NO4S2/c1-8(2-5-9,3-6-10)4-7-11;3-1(4,5)14(10,11)9-15(12,13)2(6,7)8/h9-11H,2-7H2,1H3;/q+1;-1. The molecule has 0 aromatic heterocycles. The Kier molecular flexibility index (Phi) is 10.6. The first kappa shape index (κ1) is 27.5. The highest BCUT2D eigenvalue weighted by Crippen LogP contribution is 2.36. The average Bonchev–Trinajstić information content (AvgIpc) is 2.36. The Morgan fingerprint density at radius 2 is 0.962 bits per heavy atom. The Balaban J connectivity index is 0. The maximum atomic E-state index is 11.4. The zero-order valence-corrected chi connectivity index (χ0v) is 14.8. The van der Waals surface area contributed by atoms with Crippen LogP contribution < -0.4 is 0 Å². The first-order chi connectivity index (χ1) is 11.4. The molecular weight excluding hydrogens is 426 g/mol. The van der Waals surface area contributed by atoms with E-state index >= 15 is 0 Å². The SMILES string of the molecule is C[N+](CCO)(CCO)CCO.O=S(=O)([N-]S(=O)(=O)C(F)(F)F)C(F)(F)F. The van der Waals surface area contributed by atoms with E-state index in [2.05, 4.69) is 0 Å². The van der Waals surface area contributed by atoms with Gasteiger partial charge in [0.25, 0.3) is 0 Å². The van der Waals surface area contributed by atoms with Gasteiger partial charge in [0.2, 0.25) is 0 Å². The number of alkyl halides is 6. The van der Waals surface area contributed by atoms with Crippen LogP contribution in [0, 0.1) is 0 Å². The fourth-order valence-electron chi connectivity index (χ4n) is 1.27. The van der Waals surface area contributed by atoms with Gasteiger partial charge in [-0.2, -0.15) is 26.3 Å². The molecule has 0 atom stereocenters. The molecule has 160 valence electrons. The van der Waals surface area contributed by atoms with Crippen molar-refractivity contribution < 1.29 is 63.0 Å². The summed E-state index contributed by atoms with van der Waals surface area (Å²) in [4.78, 5) is 0. The zero-order chi connectivity index (χ0) is 21.4. The first-order valence-corrected chi connectivity index (χ1v) is 9.30. The van der Waals surface area contributed by atoms with Crippen LogP contribution in [0.4, 0.5) is 26.3 Å². The van der Waals surface area contributed by atoms with Crippen molar-refractivity contribution in [2.75, 3.05) is 46.5 Å². The van der Waals surface area contributed by atoms with Crippen molar-refractivity contribution in [2.24, 2.45) is 0 Å². The van der Waals surface area contributed by atoms with Crippen molar-refractivity contribution in [3.8, 4) is 0 Å². The summed E-state index contributed by atoms with van der Waals surface area (Å²) in [7, 11) is -11.5. The number of hydrogen-bond donors (Lipinski definition) is 3. The van der Waals surface area contributed by atoms with Crippen molar-refractivity contribution in [3.63, 3.8) is 0 Å². The summed E-state index contributed by atoms with van der Waals surface area (Å²) in [5, 5.41) is 26.0. The third kappa shape index (κ3) is 9.28. The highest BCUT2D eigenvalue weighted by atomic mass is 32.3. The van der Waals surface area contributed by atoms with E-state index in [1.54, 1.807) is 0 Å². The van der Waals surface area contributed by atoms with Crippen LogP contribution >= 0.6 is 0 Å². The molecule has 0 unspecified atom stereocenters. The van der Waals surface area contributed by atoms with E-state index in [1.165, 1.54) is 0 Å². The Hall–Kier alpha value is -0.720. The van der Waals surface area contributed by atoms with Gasteiger partial charge in [0.15, 0.2) is 20.0 Å². The zero-order valence-electron chi connectivity index (χ0n) is 13.2. The molecular formula is C9H18F6N2O7S2. The van der Waals surface area contributed by atoms with E-state index in [-0.39, 0.29) is 19.8 Å².